The number of piperazine rings is 1. The van der Waals surface area contributed by atoms with Gasteiger partial charge in [0.1, 0.15) is 5.82 Å². The number of halogens is 4. The van der Waals surface area contributed by atoms with Gasteiger partial charge >= 0.3 is 6.18 Å². The van der Waals surface area contributed by atoms with E-state index in [1.165, 1.54) is 24.4 Å². The average Bonchev–Trinajstić information content (AvgIpc) is 3.34. The van der Waals surface area contributed by atoms with E-state index in [2.05, 4.69) is 34.4 Å². The van der Waals surface area contributed by atoms with Crippen LogP contribution < -0.4 is 25.9 Å². The number of likely N-dealkylation sites (N-methyl/N-ethyl adjacent to an activating group) is 1. The molecule has 0 aromatic heterocycles. The Hall–Kier alpha value is -3.12. The SMILES string of the molecule is CN(C)[C@@H]1CCN(c2cc(N3CCN(c4ccc(C(F)(F)F)cc4)CC3)c(F)cc2/C=N/NC(N)=S)C1. The predicted octanol–water partition coefficient (Wildman–Crippen LogP) is 3.48. The molecule has 2 aliphatic rings. The number of rotatable bonds is 6. The van der Waals surface area contributed by atoms with Crippen LogP contribution >= 0.6 is 12.2 Å². The topological polar surface area (TPSA) is 63.4 Å². The van der Waals surface area contributed by atoms with Gasteiger partial charge in [0.25, 0.3) is 0 Å². The molecule has 0 amide bonds. The van der Waals surface area contributed by atoms with Gasteiger partial charge in [-0.05, 0) is 69.1 Å². The summed E-state index contributed by atoms with van der Waals surface area (Å²) in [6.07, 6.45) is -1.85. The van der Waals surface area contributed by atoms with Crippen LogP contribution in [-0.2, 0) is 6.18 Å². The maximum absolute atomic E-state index is 15.3. The molecule has 7 nitrogen and oxygen atoms in total. The molecule has 1 atom stereocenters. The standard InChI is InChI=1S/C25H31F4N7S/c1-33(2)20-7-8-36(16-20)22-14-23(21(26)13-17(22)15-31-32-24(30)37)35-11-9-34(10-12-35)19-5-3-18(4-6-19)25(27,28)29/h3-6,13-15,20H,7-12,16H2,1-2H3,(H3,30,32,37)/b31-15+/t20-/m1/s1. The fourth-order valence-electron chi connectivity index (χ4n) is 4.80. The number of hydrogen-bond donors (Lipinski definition) is 2. The van der Waals surface area contributed by atoms with Crippen LogP contribution in [0.15, 0.2) is 41.5 Å². The van der Waals surface area contributed by atoms with Gasteiger partial charge in [0.2, 0.25) is 0 Å². The van der Waals surface area contributed by atoms with Gasteiger partial charge in [-0.15, -0.1) is 0 Å². The van der Waals surface area contributed by atoms with Crippen LogP contribution in [0.4, 0.5) is 34.6 Å². The van der Waals surface area contributed by atoms with Crippen molar-refractivity contribution in [2.75, 3.05) is 68.1 Å². The fraction of sp³-hybridized carbons (Fsp3) is 0.440. The molecule has 0 bridgehead atoms. The highest BCUT2D eigenvalue weighted by Crippen LogP contribution is 2.34. The lowest BCUT2D eigenvalue weighted by molar-refractivity contribution is -0.137. The molecule has 2 saturated heterocycles. The van der Waals surface area contributed by atoms with Crippen molar-refractivity contribution in [1.29, 1.82) is 0 Å². The third-order valence-electron chi connectivity index (χ3n) is 6.89. The van der Waals surface area contributed by atoms with Gasteiger partial charge in [0, 0.05) is 62.2 Å². The Morgan fingerprint density at radius 2 is 1.68 bits per heavy atom. The Morgan fingerprint density at radius 3 is 2.24 bits per heavy atom. The summed E-state index contributed by atoms with van der Waals surface area (Å²) in [6.45, 7) is 3.84. The number of thiocarbonyl (C=S) groups is 1. The summed E-state index contributed by atoms with van der Waals surface area (Å²) in [6, 6.07) is 8.89. The van der Waals surface area contributed by atoms with Crippen LogP contribution in [0.2, 0.25) is 0 Å². The van der Waals surface area contributed by atoms with E-state index < -0.39 is 11.7 Å². The summed E-state index contributed by atoms with van der Waals surface area (Å²) in [5, 5.41) is 4.06. The second kappa shape index (κ2) is 11.1. The predicted molar refractivity (Wildman–Crippen MR) is 144 cm³/mol. The molecule has 2 aromatic carbocycles. The smallest absolute Gasteiger partial charge is 0.375 e. The lowest BCUT2D eigenvalue weighted by atomic mass is 10.1. The number of alkyl halides is 3. The largest absolute Gasteiger partial charge is 0.416 e. The van der Waals surface area contributed by atoms with E-state index in [-0.39, 0.29) is 10.9 Å². The summed E-state index contributed by atoms with van der Waals surface area (Å²) in [5.41, 5.74) is 10.0. The van der Waals surface area contributed by atoms with Gasteiger partial charge in [0.15, 0.2) is 5.11 Å². The van der Waals surface area contributed by atoms with Crippen LogP contribution in [0.25, 0.3) is 0 Å². The number of anilines is 3. The molecule has 3 N–H and O–H groups in total. The van der Waals surface area contributed by atoms with Gasteiger partial charge in [-0.25, -0.2) is 4.39 Å². The van der Waals surface area contributed by atoms with Crippen molar-refractivity contribution >= 4 is 40.6 Å². The molecule has 0 radical (unpaired) electrons. The first-order valence-corrected chi connectivity index (χ1v) is 12.4. The number of nitrogens with zero attached hydrogens (tertiary/aromatic N) is 5. The zero-order valence-electron chi connectivity index (χ0n) is 20.8. The van der Waals surface area contributed by atoms with E-state index in [0.717, 1.165) is 43.0 Å². The second-order valence-electron chi connectivity index (χ2n) is 9.47. The van der Waals surface area contributed by atoms with Crippen molar-refractivity contribution < 1.29 is 17.6 Å². The summed E-state index contributed by atoms with van der Waals surface area (Å²) in [5.74, 6) is -0.369. The van der Waals surface area contributed by atoms with Crippen molar-refractivity contribution in [3.63, 3.8) is 0 Å². The first-order chi connectivity index (χ1) is 17.5. The molecule has 2 aromatic rings. The molecule has 0 saturated carbocycles. The molecule has 4 rings (SSSR count). The summed E-state index contributed by atoms with van der Waals surface area (Å²) in [7, 11) is 4.10. The molecule has 37 heavy (non-hydrogen) atoms. The minimum absolute atomic E-state index is 0.0228. The molecule has 2 heterocycles. The van der Waals surface area contributed by atoms with E-state index in [1.54, 1.807) is 0 Å². The zero-order valence-corrected chi connectivity index (χ0v) is 21.6. The minimum atomic E-state index is -4.36. The van der Waals surface area contributed by atoms with Crippen molar-refractivity contribution in [3.05, 3.63) is 53.3 Å². The van der Waals surface area contributed by atoms with Crippen molar-refractivity contribution in [1.82, 2.24) is 10.3 Å². The highest BCUT2D eigenvalue weighted by molar-refractivity contribution is 7.80. The highest BCUT2D eigenvalue weighted by Gasteiger charge is 2.31. The lowest BCUT2D eigenvalue weighted by Gasteiger charge is -2.38. The fourth-order valence-corrected chi connectivity index (χ4v) is 4.85. The van der Waals surface area contributed by atoms with Gasteiger partial charge < -0.3 is 25.3 Å². The van der Waals surface area contributed by atoms with E-state index >= 15 is 4.39 Å². The molecule has 2 aliphatic heterocycles. The third-order valence-corrected chi connectivity index (χ3v) is 6.98. The minimum Gasteiger partial charge on any atom is -0.375 e. The molecule has 0 aliphatic carbocycles. The van der Waals surface area contributed by atoms with E-state index in [9.17, 15) is 13.2 Å². The Morgan fingerprint density at radius 1 is 1.03 bits per heavy atom. The van der Waals surface area contributed by atoms with Crippen molar-refractivity contribution in [2.45, 2.75) is 18.6 Å². The van der Waals surface area contributed by atoms with Crippen LogP contribution in [0.3, 0.4) is 0 Å². The number of hydrogen-bond acceptors (Lipinski definition) is 6. The van der Waals surface area contributed by atoms with Crippen LogP contribution in [0, 0.1) is 5.82 Å². The molecule has 2 fully saturated rings. The summed E-state index contributed by atoms with van der Waals surface area (Å²) in [4.78, 5) is 8.41. The summed E-state index contributed by atoms with van der Waals surface area (Å²) < 4.78 is 54.0. The van der Waals surface area contributed by atoms with Crippen LogP contribution in [-0.4, -0.2) is 75.6 Å². The normalized spacial score (nSPS) is 18.8. The monoisotopic (exact) mass is 537 g/mol. The first-order valence-electron chi connectivity index (χ1n) is 12.0. The maximum Gasteiger partial charge on any atom is 0.416 e. The number of nitrogens with one attached hydrogen (secondary N) is 1. The maximum atomic E-state index is 15.3. The van der Waals surface area contributed by atoms with Crippen LogP contribution in [0.1, 0.15) is 17.5 Å². The van der Waals surface area contributed by atoms with Gasteiger partial charge in [-0.1, -0.05) is 0 Å². The number of hydrazone groups is 1. The van der Waals surface area contributed by atoms with Crippen molar-refractivity contribution in [3.8, 4) is 0 Å². The third kappa shape index (κ3) is 6.42. The zero-order chi connectivity index (χ0) is 26.7. The van der Waals surface area contributed by atoms with Gasteiger partial charge in [-0.2, -0.15) is 18.3 Å². The average molecular weight is 538 g/mol. The Balaban J connectivity index is 1.53. The molecule has 0 unspecified atom stereocenters. The quantitative estimate of drug-likeness (QED) is 0.253. The Labute approximate surface area is 219 Å². The Bertz CT molecular complexity index is 1130. The molecule has 12 heteroatoms. The van der Waals surface area contributed by atoms with Crippen molar-refractivity contribution in [2.24, 2.45) is 10.8 Å². The first kappa shape index (κ1) is 26.9. The van der Waals surface area contributed by atoms with E-state index in [4.69, 9.17) is 18.0 Å². The molecular weight excluding hydrogens is 506 g/mol. The molecule has 200 valence electrons. The number of nitrogens with two attached hydrogens (primary N) is 1. The van der Waals surface area contributed by atoms with Gasteiger partial charge in [-0.3, -0.25) is 5.43 Å². The van der Waals surface area contributed by atoms with Crippen LogP contribution in [0.5, 0.6) is 0 Å². The second-order valence-corrected chi connectivity index (χ2v) is 9.91. The lowest BCUT2D eigenvalue weighted by Crippen LogP contribution is -2.47. The van der Waals surface area contributed by atoms with Gasteiger partial charge in [0.05, 0.1) is 17.5 Å². The Kier molecular flexibility index (Phi) is 8.08. The summed E-state index contributed by atoms with van der Waals surface area (Å²) >= 11 is 4.80. The molecular formula is C25H31F4N7S. The number of benzene rings is 2. The molecule has 0 spiro atoms. The highest BCUT2D eigenvalue weighted by atomic mass is 32.1. The van der Waals surface area contributed by atoms with E-state index in [0.29, 0.717) is 43.5 Å². The van der Waals surface area contributed by atoms with E-state index in [1.807, 2.05) is 15.9 Å².